The van der Waals surface area contributed by atoms with Crippen molar-refractivity contribution in [3.05, 3.63) is 54.0 Å². The molecule has 2 heterocycles. The van der Waals surface area contributed by atoms with Crippen LogP contribution in [0.2, 0.25) is 0 Å². The Labute approximate surface area is 167 Å². The van der Waals surface area contributed by atoms with Gasteiger partial charge in [-0.05, 0) is 62.6 Å². The van der Waals surface area contributed by atoms with Crippen LogP contribution in [0.15, 0.2) is 52.0 Å². The normalized spacial score (nSPS) is 17.0. The molecule has 0 aliphatic carbocycles. The Morgan fingerprint density at radius 1 is 1.11 bits per heavy atom. The summed E-state index contributed by atoms with van der Waals surface area (Å²) in [6.07, 6.45) is 7.10. The molecular weight excluding hydrogens is 376 g/mol. The standard InChI is InChI=1S/C21H28N2O4S/c1-17(8-11-19-7-6-16-27-19)22-21(24)18-9-12-20(13-10-18)28(25,26)23-14-4-2-3-5-15-23/h6-7,9-10,12-13,16-17H,2-5,8,11,14-15H2,1H3,(H,22,24)/t17-/m1/s1. The topological polar surface area (TPSA) is 79.6 Å². The largest absolute Gasteiger partial charge is 0.469 e. The molecule has 6 nitrogen and oxygen atoms in total. The molecule has 1 aliphatic heterocycles. The predicted molar refractivity (Wildman–Crippen MR) is 108 cm³/mol. The third-order valence-electron chi connectivity index (χ3n) is 5.10. The maximum absolute atomic E-state index is 12.8. The number of amides is 1. The third-order valence-corrected chi connectivity index (χ3v) is 7.01. The van der Waals surface area contributed by atoms with Crippen LogP contribution in [0.25, 0.3) is 0 Å². The van der Waals surface area contributed by atoms with E-state index in [4.69, 9.17) is 4.42 Å². The van der Waals surface area contributed by atoms with E-state index in [1.165, 1.54) is 12.1 Å². The Balaban J connectivity index is 1.58. The van der Waals surface area contributed by atoms with Gasteiger partial charge in [-0.15, -0.1) is 0 Å². The third kappa shape index (κ3) is 5.23. The summed E-state index contributed by atoms with van der Waals surface area (Å²) in [6, 6.07) is 9.97. The molecule has 0 spiro atoms. The molecule has 1 aliphatic rings. The van der Waals surface area contributed by atoms with E-state index in [-0.39, 0.29) is 16.8 Å². The minimum atomic E-state index is -3.49. The molecule has 0 bridgehead atoms. The van der Waals surface area contributed by atoms with Gasteiger partial charge in [0.05, 0.1) is 11.2 Å². The van der Waals surface area contributed by atoms with Gasteiger partial charge in [0.25, 0.3) is 5.91 Å². The second-order valence-electron chi connectivity index (χ2n) is 7.34. The van der Waals surface area contributed by atoms with Gasteiger partial charge in [-0.3, -0.25) is 4.79 Å². The number of carbonyl (C=O) groups excluding carboxylic acids is 1. The van der Waals surface area contributed by atoms with Crippen molar-refractivity contribution >= 4 is 15.9 Å². The second kappa shape index (κ2) is 9.39. The number of nitrogens with one attached hydrogen (secondary N) is 1. The first-order chi connectivity index (χ1) is 13.5. The van der Waals surface area contributed by atoms with Gasteiger partial charge >= 0.3 is 0 Å². The van der Waals surface area contributed by atoms with Crippen molar-refractivity contribution in [3.8, 4) is 0 Å². The molecule has 0 saturated carbocycles. The molecular formula is C21H28N2O4S. The van der Waals surface area contributed by atoms with Crippen molar-refractivity contribution in [2.75, 3.05) is 13.1 Å². The van der Waals surface area contributed by atoms with Crippen LogP contribution in [0.5, 0.6) is 0 Å². The fourth-order valence-electron chi connectivity index (χ4n) is 3.40. The smallest absolute Gasteiger partial charge is 0.251 e. The molecule has 1 saturated heterocycles. The molecule has 152 valence electrons. The summed E-state index contributed by atoms with van der Waals surface area (Å²) in [4.78, 5) is 12.7. The highest BCUT2D eigenvalue weighted by atomic mass is 32.2. The number of hydrogen-bond acceptors (Lipinski definition) is 4. The summed E-state index contributed by atoms with van der Waals surface area (Å²) in [5.41, 5.74) is 0.458. The average Bonchev–Trinajstić information content (AvgIpc) is 3.06. The molecule has 1 aromatic carbocycles. The van der Waals surface area contributed by atoms with E-state index < -0.39 is 10.0 Å². The van der Waals surface area contributed by atoms with Crippen molar-refractivity contribution in [2.24, 2.45) is 0 Å². The molecule has 1 amide bonds. The minimum Gasteiger partial charge on any atom is -0.469 e. The highest BCUT2D eigenvalue weighted by Crippen LogP contribution is 2.20. The van der Waals surface area contributed by atoms with Crippen LogP contribution >= 0.6 is 0 Å². The van der Waals surface area contributed by atoms with E-state index in [9.17, 15) is 13.2 Å². The van der Waals surface area contributed by atoms with Crippen LogP contribution in [-0.4, -0.2) is 37.8 Å². The maximum atomic E-state index is 12.8. The minimum absolute atomic E-state index is 0.0156. The quantitative estimate of drug-likeness (QED) is 0.765. The van der Waals surface area contributed by atoms with E-state index in [2.05, 4.69) is 5.32 Å². The molecule has 28 heavy (non-hydrogen) atoms. The number of hydrogen-bond donors (Lipinski definition) is 1. The molecule has 0 radical (unpaired) electrons. The highest BCUT2D eigenvalue weighted by molar-refractivity contribution is 7.89. The van der Waals surface area contributed by atoms with Gasteiger partial charge in [0, 0.05) is 31.1 Å². The van der Waals surface area contributed by atoms with Crippen LogP contribution in [0.3, 0.4) is 0 Å². The Kier molecular flexibility index (Phi) is 6.91. The van der Waals surface area contributed by atoms with Crippen molar-refractivity contribution in [2.45, 2.75) is 56.4 Å². The van der Waals surface area contributed by atoms with Crippen molar-refractivity contribution in [3.63, 3.8) is 0 Å². The predicted octanol–water partition coefficient (Wildman–Crippen LogP) is 3.60. The first-order valence-electron chi connectivity index (χ1n) is 9.90. The monoisotopic (exact) mass is 404 g/mol. The number of aryl methyl sites for hydroxylation is 1. The zero-order chi connectivity index (χ0) is 20.0. The zero-order valence-electron chi connectivity index (χ0n) is 16.3. The lowest BCUT2D eigenvalue weighted by atomic mass is 10.1. The molecule has 1 aromatic heterocycles. The van der Waals surface area contributed by atoms with Crippen LogP contribution in [0.1, 0.15) is 55.1 Å². The lowest BCUT2D eigenvalue weighted by Gasteiger charge is -2.20. The number of carbonyl (C=O) groups is 1. The SMILES string of the molecule is C[C@H](CCc1ccco1)NC(=O)c1ccc(S(=O)(=O)N2CCCCCC2)cc1. The molecule has 1 fully saturated rings. The Morgan fingerprint density at radius 3 is 2.39 bits per heavy atom. The lowest BCUT2D eigenvalue weighted by molar-refractivity contribution is 0.0938. The Morgan fingerprint density at radius 2 is 1.79 bits per heavy atom. The van der Waals surface area contributed by atoms with Crippen LogP contribution in [-0.2, 0) is 16.4 Å². The first-order valence-corrected chi connectivity index (χ1v) is 11.3. The van der Waals surface area contributed by atoms with Gasteiger partial charge in [-0.1, -0.05) is 12.8 Å². The van der Waals surface area contributed by atoms with Gasteiger partial charge < -0.3 is 9.73 Å². The number of sulfonamides is 1. The number of benzene rings is 1. The molecule has 0 unspecified atom stereocenters. The zero-order valence-corrected chi connectivity index (χ0v) is 17.1. The molecule has 1 N–H and O–H groups in total. The maximum Gasteiger partial charge on any atom is 0.251 e. The first kappa shape index (κ1) is 20.6. The molecule has 1 atom stereocenters. The lowest BCUT2D eigenvalue weighted by Crippen LogP contribution is -2.33. The van der Waals surface area contributed by atoms with E-state index in [1.54, 1.807) is 22.7 Å². The van der Waals surface area contributed by atoms with Crippen molar-refractivity contribution in [1.82, 2.24) is 9.62 Å². The number of nitrogens with zero attached hydrogens (tertiary/aromatic N) is 1. The van der Waals surface area contributed by atoms with Crippen LogP contribution in [0, 0.1) is 0 Å². The summed E-state index contributed by atoms with van der Waals surface area (Å²) in [5, 5.41) is 2.95. The molecule has 2 aromatic rings. The fourth-order valence-corrected chi connectivity index (χ4v) is 4.92. The summed E-state index contributed by atoms with van der Waals surface area (Å²) in [7, 11) is -3.49. The Hall–Kier alpha value is -2.12. The summed E-state index contributed by atoms with van der Waals surface area (Å²) in [6.45, 7) is 3.08. The van der Waals surface area contributed by atoms with E-state index in [0.717, 1.165) is 44.3 Å². The van der Waals surface area contributed by atoms with E-state index in [1.807, 2.05) is 19.1 Å². The summed E-state index contributed by atoms with van der Waals surface area (Å²) in [5.74, 6) is 0.690. The summed E-state index contributed by atoms with van der Waals surface area (Å²) < 4.78 is 32.5. The van der Waals surface area contributed by atoms with Gasteiger partial charge in [0.15, 0.2) is 0 Å². The molecule has 3 rings (SSSR count). The van der Waals surface area contributed by atoms with E-state index >= 15 is 0 Å². The van der Waals surface area contributed by atoms with Gasteiger partial charge in [-0.2, -0.15) is 4.31 Å². The average molecular weight is 405 g/mol. The Bertz CT molecular complexity index is 852. The van der Waals surface area contributed by atoms with Crippen LogP contribution in [0.4, 0.5) is 0 Å². The van der Waals surface area contributed by atoms with Gasteiger partial charge in [-0.25, -0.2) is 8.42 Å². The van der Waals surface area contributed by atoms with E-state index in [0.29, 0.717) is 18.7 Å². The number of furan rings is 1. The fraction of sp³-hybridized carbons (Fsp3) is 0.476. The number of rotatable bonds is 7. The van der Waals surface area contributed by atoms with Crippen molar-refractivity contribution in [1.29, 1.82) is 0 Å². The van der Waals surface area contributed by atoms with Crippen LogP contribution < -0.4 is 5.32 Å². The van der Waals surface area contributed by atoms with Gasteiger partial charge in [0.1, 0.15) is 5.76 Å². The highest BCUT2D eigenvalue weighted by Gasteiger charge is 2.25. The molecule has 7 heteroatoms. The summed E-state index contributed by atoms with van der Waals surface area (Å²) >= 11 is 0. The van der Waals surface area contributed by atoms with Gasteiger partial charge in [0.2, 0.25) is 10.0 Å². The van der Waals surface area contributed by atoms with Crippen molar-refractivity contribution < 1.29 is 17.6 Å². The second-order valence-corrected chi connectivity index (χ2v) is 9.27.